The molecule has 1 aliphatic heterocycles. The number of hydrogen-bond donors (Lipinski definition) is 1. The number of aliphatic imine (C=N–C) groups is 1. The van der Waals surface area contributed by atoms with Crippen LogP contribution in [0.15, 0.2) is 53.5 Å². The summed E-state index contributed by atoms with van der Waals surface area (Å²) in [5.74, 6) is 0.513. The average molecular weight is 394 g/mol. The van der Waals surface area contributed by atoms with Crippen LogP contribution in [0, 0.1) is 5.21 Å². The van der Waals surface area contributed by atoms with Gasteiger partial charge in [0.1, 0.15) is 6.23 Å². The molecule has 138 valence electrons. The van der Waals surface area contributed by atoms with Crippen LogP contribution in [0.1, 0.15) is 24.5 Å². The second kappa shape index (κ2) is 8.54. The van der Waals surface area contributed by atoms with Crippen molar-refractivity contribution in [2.45, 2.75) is 19.6 Å². The van der Waals surface area contributed by atoms with Gasteiger partial charge in [-0.3, -0.25) is 0 Å². The van der Waals surface area contributed by atoms with Gasteiger partial charge in [0.05, 0.1) is 11.3 Å². The van der Waals surface area contributed by atoms with Gasteiger partial charge in [-0.05, 0) is 36.8 Å². The van der Waals surface area contributed by atoms with E-state index in [1.165, 1.54) is 0 Å². The number of hydrogen-bond acceptors (Lipinski definition) is 4. The van der Waals surface area contributed by atoms with Gasteiger partial charge in [0.2, 0.25) is 12.3 Å². The summed E-state index contributed by atoms with van der Waals surface area (Å²) in [7, 11) is 1.74. The molecular weight excluding hydrogens is 373 g/mol. The first-order valence-electron chi connectivity index (χ1n) is 8.16. The van der Waals surface area contributed by atoms with E-state index in [0.717, 1.165) is 10.3 Å². The molecular formula is C19H21Cl2N3O2. The molecule has 0 saturated carbocycles. The van der Waals surface area contributed by atoms with Crippen LogP contribution in [0.4, 0.5) is 5.69 Å². The van der Waals surface area contributed by atoms with Crippen molar-refractivity contribution in [1.82, 2.24) is 4.90 Å². The molecule has 0 spiro atoms. The predicted molar refractivity (Wildman–Crippen MR) is 108 cm³/mol. The molecule has 2 aromatic carbocycles. The van der Waals surface area contributed by atoms with E-state index in [1.54, 1.807) is 30.1 Å². The fraction of sp³-hybridized carbons (Fsp3) is 0.263. The molecule has 5 nitrogen and oxygen atoms in total. The maximum absolute atomic E-state index is 13.0. The molecule has 0 radical (unpaired) electrons. The Labute approximate surface area is 164 Å². The van der Waals surface area contributed by atoms with Gasteiger partial charge in [0, 0.05) is 17.6 Å². The molecule has 1 atom stereocenters. The number of rotatable bonds is 3. The highest BCUT2D eigenvalue weighted by Gasteiger charge is 2.27. The van der Waals surface area contributed by atoms with E-state index in [2.05, 4.69) is 4.99 Å². The van der Waals surface area contributed by atoms with Gasteiger partial charge in [-0.25, -0.2) is 4.99 Å². The van der Waals surface area contributed by atoms with Crippen molar-refractivity contribution in [2.24, 2.45) is 4.99 Å². The lowest BCUT2D eigenvalue weighted by molar-refractivity contribution is -0.440. The second-order valence-corrected chi connectivity index (χ2v) is 6.38. The van der Waals surface area contributed by atoms with Crippen LogP contribution in [-0.2, 0) is 0 Å². The summed E-state index contributed by atoms with van der Waals surface area (Å²) in [6, 6.07) is 14.8. The normalized spacial score (nSPS) is 14.7. The van der Waals surface area contributed by atoms with Gasteiger partial charge in [-0.1, -0.05) is 36.7 Å². The molecule has 0 aromatic heterocycles. The second-order valence-electron chi connectivity index (χ2n) is 5.94. The van der Waals surface area contributed by atoms with Gasteiger partial charge in [-0.2, -0.15) is 4.74 Å². The van der Waals surface area contributed by atoms with E-state index in [-0.39, 0.29) is 19.0 Å². The standard InChI is InChI=1S/C19H20ClN3O2.ClH/c1-3-18(24)22(2)17-12-23(25)19(13-7-5-4-6-8-13)15-11-14(20)9-10-16(15)21-17;/h4-11,18,24H,3,12H2,1-2H3;1H. The molecule has 0 aliphatic carbocycles. The van der Waals surface area contributed by atoms with Gasteiger partial charge in [0.25, 0.3) is 0 Å². The van der Waals surface area contributed by atoms with Crippen LogP contribution < -0.4 is 0 Å². The number of amidine groups is 1. The number of nitrogens with zero attached hydrogens (tertiary/aromatic N) is 3. The molecule has 0 bridgehead atoms. The summed E-state index contributed by atoms with van der Waals surface area (Å²) in [5, 5.41) is 23.6. The number of likely N-dealkylation sites (N-methyl/N-ethyl adjacent to an activating group) is 1. The number of benzene rings is 2. The van der Waals surface area contributed by atoms with Crippen LogP contribution in [0.2, 0.25) is 5.02 Å². The molecule has 0 saturated heterocycles. The Morgan fingerprint density at radius 1 is 1.27 bits per heavy atom. The van der Waals surface area contributed by atoms with Crippen molar-refractivity contribution in [1.29, 1.82) is 0 Å². The molecule has 1 aliphatic rings. The number of halogens is 2. The van der Waals surface area contributed by atoms with E-state index in [1.807, 2.05) is 37.3 Å². The number of aliphatic hydroxyl groups excluding tert-OH is 1. The van der Waals surface area contributed by atoms with Crippen molar-refractivity contribution >= 4 is 41.2 Å². The average Bonchev–Trinajstić information content (AvgIpc) is 2.76. The third-order valence-electron chi connectivity index (χ3n) is 4.26. The van der Waals surface area contributed by atoms with Crippen LogP contribution in [0.25, 0.3) is 0 Å². The van der Waals surface area contributed by atoms with E-state index >= 15 is 0 Å². The van der Waals surface area contributed by atoms with Crippen molar-refractivity contribution in [2.75, 3.05) is 13.6 Å². The zero-order chi connectivity index (χ0) is 18.0. The maximum atomic E-state index is 13.0. The highest BCUT2D eigenvalue weighted by Crippen LogP contribution is 2.28. The first-order chi connectivity index (χ1) is 12.0. The summed E-state index contributed by atoms with van der Waals surface area (Å²) in [6.07, 6.45) is -0.155. The number of hydroxylamine groups is 1. The van der Waals surface area contributed by atoms with Gasteiger partial charge >= 0.3 is 0 Å². The van der Waals surface area contributed by atoms with Gasteiger partial charge < -0.3 is 15.2 Å². The lowest BCUT2D eigenvalue weighted by Gasteiger charge is -2.24. The minimum atomic E-state index is -0.693. The molecule has 3 rings (SSSR count). The minimum absolute atomic E-state index is 0. The summed E-state index contributed by atoms with van der Waals surface area (Å²) >= 11 is 6.17. The predicted octanol–water partition coefficient (Wildman–Crippen LogP) is 3.81. The third-order valence-corrected chi connectivity index (χ3v) is 4.50. The van der Waals surface area contributed by atoms with E-state index < -0.39 is 6.23 Å². The van der Waals surface area contributed by atoms with Crippen LogP contribution in [0.3, 0.4) is 0 Å². The van der Waals surface area contributed by atoms with Crippen LogP contribution in [0.5, 0.6) is 0 Å². The Morgan fingerprint density at radius 2 is 1.96 bits per heavy atom. The van der Waals surface area contributed by atoms with Crippen LogP contribution >= 0.6 is 24.0 Å². The SMILES string of the molecule is CCC(O)N(C)C1=Nc2ccc(Cl)cc2C(c2ccccc2)=[N+]([O-])C1.Cl. The molecule has 0 fully saturated rings. The summed E-state index contributed by atoms with van der Waals surface area (Å²) < 4.78 is 0.912. The quantitative estimate of drug-likeness (QED) is 0.489. The molecule has 1 unspecified atom stereocenters. The molecule has 1 N–H and O–H groups in total. The number of fused-ring (bicyclic) bond motifs is 1. The zero-order valence-corrected chi connectivity index (χ0v) is 16.2. The number of aliphatic hydroxyl groups is 1. The van der Waals surface area contributed by atoms with E-state index in [9.17, 15) is 10.3 Å². The van der Waals surface area contributed by atoms with Gasteiger partial charge in [-0.15, -0.1) is 12.4 Å². The Bertz CT molecular complexity index is 838. The zero-order valence-electron chi connectivity index (χ0n) is 14.6. The summed E-state index contributed by atoms with van der Waals surface area (Å²) in [5.41, 5.74) is 2.67. The van der Waals surface area contributed by atoms with Crippen LogP contribution in [-0.4, -0.2) is 46.1 Å². The Balaban J connectivity index is 0.00000243. The fourth-order valence-electron chi connectivity index (χ4n) is 2.84. The van der Waals surface area contributed by atoms with E-state index in [0.29, 0.717) is 34.2 Å². The van der Waals surface area contributed by atoms with Crippen molar-refractivity contribution < 1.29 is 9.85 Å². The third kappa shape index (κ3) is 4.01. The summed E-state index contributed by atoms with van der Waals surface area (Å²) in [6.45, 7) is 1.92. The van der Waals surface area contributed by atoms with Crippen molar-refractivity contribution in [3.63, 3.8) is 0 Å². The minimum Gasteiger partial charge on any atom is -0.623 e. The summed E-state index contributed by atoms with van der Waals surface area (Å²) in [4.78, 5) is 6.27. The first kappa shape index (κ1) is 20.2. The molecule has 26 heavy (non-hydrogen) atoms. The Hall–Kier alpha value is -2.08. The lowest BCUT2D eigenvalue weighted by Crippen LogP contribution is -2.40. The highest BCUT2D eigenvalue weighted by molar-refractivity contribution is 6.31. The Kier molecular flexibility index (Phi) is 6.64. The molecule has 1 heterocycles. The monoisotopic (exact) mass is 393 g/mol. The van der Waals surface area contributed by atoms with Gasteiger partial charge in [0.15, 0.2) is 5.84 Å². The maximum Gasteiger partial charge on any atom is 0.228 e. The topological polar surface area (TPSA) is 61.9 Å². The molecule has 7 heteroatoms. The first-order valence-corrected chi connectivity index (χ1v) is 8.54. The van der Waals surface area contributed by atoms with E-state index in [4.69, 9.17) is 11.6 Å². The van der Waals surface area contributed by atoms with Crippen molar-refractivity contribution in [3.8, 4) is 0 Å². The molecule has 0 amide bonds. The fourth-order valence-corrected chi connectivity index (χ4v) is 3.02. The lowest BCUT2D eigenvalue weighted by atomic mass is 10.0. The molecule has 2 aromatic rings. The smallest absolute Gasteiger partial charge is 0.228 e. The highest BCUT2D eigenvalue weighted by atomic mass is 35.5. The van der Waals surface area contributed by atoms with Crippen molar-refractivity contribution in [3.05, 3.63) is 69.9 Å². The Morgan fingerprint density at radius 3 is 2.62 bits per heavy atom. The largest absolute Gasteiger partial charge is 0.623 e.